The van der Waals surface area contributed by atoms with Gasteiger partial charge in [0.25, 0.3) is 0 Å². The summed E-state index contributed by atoms with van der Waals surface area (Å²) in [7, 11) is 5.26. The minimum Gasteiger partial charge on any atom is -0.487 e. The first-order valence-electron chi connectivity index (χ1n) is 13.4. The summed E-state index contributed by atoms with van der Waals surface area (Å²) in [6, 6.07) is 11.8. The molecule has 8 nitrogen and oxygen atoms in total. The zero-order valence-corrected chi connectivity index (χ0v) is 25.1. The first kappa shape index (κ1) is 29.2. The van der Waals surface area contributed by atoms with E-state index in [-0.39, 0.29) is 18.3 Å². The summed E-state index contributed by atoms with van der Waals surface area (Å²) in [5.74, 6) is 1.21. The SMILES string of the molecule is CC1/C(=N\N(C)CC2CO2)CCc2c1sc1ncnc(Nc3ccc(OCc4cccc(F)c4)c(Cl)c3)c21.COC. The van der Waals surface area contributed by atoms with Crippen LogP contribution >= 0.6 is 22.9 Å². The van der Waals surface area contributed by atoms with Gasteiger partial charge in [0.15, 0.2) is 0 Å². The number of ether oxygens (including phenoxy) is 3. The van der Waals surface area contributed by atoms with Gasteiger partial charge in [-0.1, -0.05) is 30.7 Å². The monoisotopic (exact) mass is 597 g/mol. The fourth-order valence-corrected chi connectivity index (χ4v) is 6.31. The van der Waals surface area contributed by atoms with Gasteiger partial charge < -0.3 is 19.5 Å². The molecule has 3 heterocycles. The number of hydrogen-bond donors (Lipinski definition) is 1. The highest BCUT2D eigenvalue weighted by molar-refractivity contribution is 7.19. The first-order valence-corrected chi connectivity index (χ1v) is 14.6. The van der Waals surface area contributed by atoms with Gasteiger partial charge in [0.05, 0.1) is 23.6 Å². The highest BCUT2D eigenvalue weighted by Gasteiger charge is 2.30. The number of epoxide rings is 1. The average Bonchev–Trinajstić information content (AvgIpc) is 3.67. The van der Waals surface area contributed by atoms with E-state index < -0.39 is 0 Å². The molecular formula is C30H33ClFN5O3S. The van der Waals surface area contributed by atoms with Crippen molar-refractivity contribution in [2.24, 2.45) is 5.10 Å². The minimum atomic E-state index is -0.294. The molecule has 2 unspecified atom stereocenters. The van der Waals surface area contributed by atoms with Crippen LogP contribution in [0.1, 0.15) is 35.3 Å². The van der Waals surface area contributed by atoms with E-state index in [1.54, 1.807) is 44.0 Å². The van der Waals surface area contributed by atoms with Crippen LogP contribution in [0.25, 0.3) is 10.2 Å². The first-order chi connectivity index (χ1) is 19.9. The number of nitrogens with zero attached hydrogens (tertiary/aromatic N) is 4. The summed E-state index contributed by atoms with van der Waals surface area (Å²) in [5, 5.41) is 11.8. The number of nitrogens with one attached hydrogen (secondary N) is 1. The van der Waals surface area contributed by atoms with E-state index in [4.69, 9.17) is 26.2 Å². The van der Waals surface area contributed by atoms with Crippen LogP contribution in [0.15, 0.2) is 53.9 Å². The van der Waals surface area contributed by atoms with Crippen molar-refractivity contribution in [3.05, 3.63) is 75.6 Å². The third-order valence-electron chi connectivity index (χ3n) is 6.79. The molecule has 41 heavy (non-hydrogen) atoms. The third kappa shape index (κ3) is 7.13. The van der Waals surface area contributed by atoms with E-state index >= 15 is 0 Å². The highest BCUT2D eigenvalue weighted by atomic mass is 35.5. The summed E-state index contributed by atoms with van der Waals surface area (Å²) in [6.07, 6.45) is 3.69. The number of likely N-dealkylation sites (N-methyl/N-ethyl adjacent to an activating group) is 1. The van der Waals surface area contributed by atoms with Crippen LogP contribution in [-0.4, -0.2) is 61.2 Å². The van der Waals surface area contributed by atoms with Crippen LogP contribution < -0.4 is 10.1 Å². The smallest absolute Gasteiger partial charge is 0.142 e. The molecule has 2 aromatic heterocycles. The molecule has 1 aliphatic heterocycles. The lowest BCUT2D eigenvalue weighted by Gasteiger charge is -2.24. The number of anilines is 2. The van der Waals surface area contributed by atoms with Gasteiger partial charge in [-0.3, -0.25) is 5.01 Å². The van der Waals surface area contributed by atoms with Crippen molar-refractivity contribution >= 4 is 50.4 Å². The Labute approximate surface area is 248 Å². The fraction of sp³-hybridized carbons (Fsp3) is 0.367. The highest BCUT2D eigenvalue weighted by Crippen LogP contribution is 2.43. The van der Waals surface area contributed by atoms with Gasteiger partial charge in [0.1, 0.15) is 41.3 Å². The number of rotatable bonds is 8. The summed E-state index contributed by atoms with van der Waals surface area (Å²) in [6.45, 7) is 4.10. The molecule has 2 aliphatic rings. The Hall–Kier alpha value is -3.31. The van der Waals surface area contributed by atoms with Crippen LogP contribution in [0.5, 0.6) is 5.75 Å². The van der Waals surface area contributed by atoms with Crippen molar-refractivity contribution in [2.75, 3.05) is 39.7 Å². The zero-order chi connectivity index (χ0) is 28.9. The molecule has 2 aromatic carbocycles. The van der Waals surface area contributed by atoms with E-state index in [2.05, 4.69) is 26.9 Å². The van der Waals surface area contributed by atoms with Crippen molar-refractivity contribution in [1.82, 2.24) is 15.0 Å². The molecule has 0 radical (unpaired) electrons. The number of benzene rings is 2. The number of halogens is 2. The Kier molecular flexibility index (Phi) is 9.34. The van der Waals surface area contributed by atoms with E-state index in [9.17, 15) is 4.39 Å². The topological polar surface area (TPSA) is 84.4 Å². The third-order valence-corrected chi connectivity index (χ3v) is 8.41. The predicted molar refractivity (Wildman–Crippen MR) is 162 cm³/mol. The lowest BCUT2D eigenvalue weighted by Crippen LogP contribution is -2.24. The molecule has 0 amide bonds. The van der Waals surface area contributed by atoms with Crippen LogP contribution in [-0.2, 0) is 22.5 Å². The largest absolute Gasteiger partial charge is 0.487 e. The summed E-state index contributed by atoms with van der Waals surface area (Å²) < 4.78 is 28.9. The maximum absolute atomic E-state index is 13.4. The van der Waals surface area contributed by atoms with Crippen LogP contribution in [0.2, 0.25) is 5.02 Å². The van der Waals surface area contributed by atoms with Gasteiger partial charge in [0, 0.05) is 43.5 Å². The molecule has 6 rings (SSSR count). The van der Waals surface area contributed by atoms with E-state index in [0.29, 0.717) is 16.9 Å². The quantitative estimate of drug-likeness (QED) is 0.176. The summed E-state index contributed by atoms with van der Waals surface area (Å²) >= 11 is 8.24. The van der Waals surface area contributed by atoms with Crippen LogP contribution in [0.3, 0.4) is 0 Å². The Bertz CT molecular complexity index is 1540. The Morgan fingerprint density at radius 1 is 1.20 bits per heavy atom. The number of aromatic nitrogens is 2. The van der Waals surface area contributed by atoms with Crippen molar-refractivity contribution in [2.45, 2.75) is 38.4 Å². The summed E-state index contributed by atoms with van der Waals surface area (Å²) in [4.78, 5) is 11.4. The van der Waals surface area contributed by atoms with Crippen LogP contribution in [0.4, 0.5) is 15.9 Å². The van der Waals surface area contributed by atoms with Gasteiger partial charge in [-0.25, -0.2) is 14.4 Å². The lowest BCUT2D eigenvalue weighted by molar-refractivity contribution is 0.277. The molecular weight excluding hydrogens is 565 g/mol. The van der Waals surface area contributed by atoms with Crippen molar-refractivity contribution in [1.29, 1.82) is 0 Å². The van der Waals surface area contributed by atoms with E-state index in [1.165, 1.54) is 28.3 Å². The molecule has 1 aliphatic carbocycles. The standard InChI is InChI=1S/C28H27ClFN5O2S.C2H6O/c1-16-23(34-35(2)12-20-14-36-20)8-7-21-25-27(31-15-32-28(25)38-26(16)21)33-19-6-9-24(22(29)11-19)37-13-17-4-3-5-18(30)10-17;1-3-2/h3-6,9-11,15-16,20H,7-8,12-14H2,1-2H3,(H,31,32,33);1-2H3/b34-23-;. The number of hydrazone groups is 1. The Morgan fingerprint density at radius 3 is 2.73 bits per heavy atom. The molecule has 0 bridgehead atoms. The number of thiophene rings is 1. The van der Waals surface area contributed by atoms with Gasteiger partial charge in [0.2, 0.25) is 0 Å². The molecule has 0 saturated carbocycles. The molecule has 1 saturated heterocycles. The molecule has 2 atom stereocenters. The van der Waals surface area contributed by atoms with Gasteiger partial charge >= 0.3 is 0 Å². The van der Waals surface area contributed by atoms with E-state index in [1.807, 2.05) is 30.3 Å². The minimum absolute atomic E-state index is 0.220. The molecule has 0 spiro atoms. The van der Waals surface area contributed by atoms with Crippen molar-refractivity contribution in [3.63, 3.8) is 0 Å². The number of methoxy groups -OCH3 is 1. The Balaban J connectivity index is 0.00000108. The molecule has 11 heteroatoms. The maximum atomic E-state index is 13.4. The second kappa shape index (κ2) is 13.1. The lowest BCUT2D eigenvalue weighted by atomic mass is 9.87. The van der Waals surface area contributed by atoms with Gasteiger partial charge in [-0.15, -0.1) is 11.3 Å². The average molecular weight is 598 g/mol. The molecule has 1 N–H and O–H groups in total. The second-order valence-corrected chi connectivity index (χ2v) is 11.5. The fourth-order valence-electron chi connectivity index (χ4n) is 4.81. The summed E-state index contributed by atoms with van der Waals surface area (Å²) in [5.41, 5.74) is 4.01. The molecule has 216 valence electrons. The molecule has 1 fully saturated rings. The maximum Gasteiger partial charge on any atom is 0.142 e. The second-order valence-electron chi connectivity index (χ2n) is 10.1. The number of hydrogen-bond acceptors (Lipinski definition) is 9. The van der Waals surface area contributed by atoms with Gasteiger partial charge in [-0.2, -0.15) is 5.10 Å². The van der Waals surface area contributed by atoms with E-state index in [0.717, 1.165) is 53.3 Å². The normalized spacial score (nSPS) is 18.4. The molecule has 4 aromatic rings. The van der Waals surface area contributed by atoms with Crippen LogP contribution in [0, 0.1) is 5.82 Å². The van der Waals surface area contributed by atoms with Crippen molar-refractivity contribution in [3.8, 4) is 5.75 Å². The predicted octanol–water partition coefficient (Wildman–Crippen LogP) is 6.81. The van der Waals surface area contributed by atoms with Gasteiger partial charge in [-0.05, 0) is 54.3 Å². The number of aryl methyl sites for hydroxylation is 1. The van der Waals surface area contributed by atoms with Crippen molar-refractivity contribution < 1.29 is 18.6 Å². The Morgan fingerprint density at radius 2 is 2.00 bits per heavy atom. The number of fused-ring (bicyclic) bond motifs is 3. The zero-order valence-electron chi connectivity index (χ0n) is 23.5.